The van der Waals surface area contributed by atoms with Crippen molar-refractivity contribution < 1.29 is 19.8 Å². The summed E-state index contributed by atoms with van der Waals surface area (Å²) >= 11 is 0. The molecule has 0 aliphatic carbocycles. The van der Waals surface area contributed by atoms with E-state index in [0.717, 1.165) is 32.4 Å². The van der Waals surface area contributed by atoms with Crippen LogP contribution in [0.4, 0.5) is 0 Å². The van der Waals surface area contributed by atoms with E-state index in [0.29, 0.717) is 38.9 Å². The van der Waals surface area contributed by atoms with Gasteiger partial charge in [-0.1, -0.05) is 0 Å². The number of aliphatic hydroxyl groups is 2. The van der Waals surface area contributed by atoms with Gasteiger partial charge in [0.15, 0.2) is 5.96 Å². The summed E-state index contributed by atoms with van der Waals surface area (Å²) in [6, 6.07) is 0. The van der Waals surface area contributed by atoms with Crippen LogP contribution in [-0.2, 0) is 9.59 Å². The lowest BCUT2D eigenvalue weighted by Gasteiger charge is -2.15. The maximum Gasteiger partial charge on any atom is 0.269 e. The van der Waals surface area contributed by atoms with Gasteiger partial charge in [-0.3, -0.25) is 14.6 Å². The van der Waals surface area contributed by atoms with Gasteiger partial charge in [0, 0.05) is 13.1 Å². The first-order valence-corrected chi connectivity index (χ1v) is 9.76. The predicted molar refractivity (Wildman–Crippen MR) is 108 cm³/mol. The molecule has 0 aliphatic rings. The van der Waals surface area contributed by atoms with E-state index in [-0.39, 0.29) is 12.4 Å². The van der Waals surface area contributed by atoms with Crippen LogP contribution in [0.25, 0.3) is 0 Å². The van der Waals surface area contributed by atoms with Crippen LogP contribution in [0.15, 0.2) is 4.99 Å². The van der Waals surface area contributed by atoms with Crippen molar-refractivity contribution in [1.29, 1.82) is 0 Å². The minimum atomic E-state index is -1.63. The Kier molecular flexibility index (Phi) is 16.0. The van der Waals surface area contributed by atoms with Gasteiger partial charge in [0.1, 0.15) is 0 Å². The third-order valence-corrected chi connectivity index (χ3v) is 3.84. The number of guanidine groups is 1. The van der Waals surface area contributed by atoms with Crippen molar-refractivity contribution in [1.82, 2.24) is 16.0 Å². The number of carbonyl (C=O) groups is 2. The maximum atomic E-state index is 11.8. The largest absolute Gasteiger partial charge is 0.393 e. The fraction of sp³-hybridized carbons (Fsp3) is 0.824. The summed E-state index contributed by atoms with van der Waals surface area (Å²) in [7, 11) is 0. The first kappa shape index (κ1) is 26.1. The van der Waals surface area contributed by atoms with Crippen molar-refractivity contribution in [2.45, 2.75) is 57.3 Å². The molecule has 0 aromatic rings. The molecular weight excluding hydrogens is 366 g/mol. The summed E-state index contributed by atoms with van der Waals surface area (Å²) in [5.41, 5.74) is 15.8. The second-order valence-corrected chi connectivity index (χ2v) is 6.52. The van der Waals surface area contributed by atoms with E-state index in [2.05, 4.69) is 20.9 Å². The molecule has 0 bridgehead atoms. The lowest BCUT2D eigenvalue weighted by Crippen LogP contribution is -2.47. The Bertz CT molecular complexity index is 459. The Labute approximate surface area is 166 Å². The molecule has 2 atom stereocenters. The van der Waals surface area contributed by atoms with Gasteiger partial charge in [-0.25, -0.2) is 0 Å². The molecule has 11 N–H and O–H groups in total. The van der Waals surface area contributed by atoms with E-state index in [1.165, 1.54) is 0 Å². The van der Waals surface area contributed by atoms with Crippen molar-refractivity contribution in [2.24, 2.45) is 22.2 Å². The number of amides is 2. The van der Waals surface area contributed by atoms with E-state index < -0.39 is 24.1 Å². The van der Waals surface area contributed by atoms with Gasteiger partial charge in [-0.2, -0.15) is 0 Å². The SMILES string of the molecule is NCCCNCCCCNC(=O)[C@@H](O)NC(=O)C[C@H](O)CCCCN=C(N)N. The van der Waals surface area contributed by atoms with E-state index in [4.69, 9.17) is 17.2 Å². The average Bonchev–Trinajstić information content (AvgIpc) is 2.62. The molecule has 11 nitrogen and oxygen atoms in total. The lowest BCUT2D eigenvalue weighted by atomic mass is 10.1. The highest BCUT2D eigenvalue weighted by Crippen LogP contribution is 2.05. The number of rotatable bonds is 17. The number of nitrogens with two attached hydrogens (primary N) is 3. The van der Waals surface area contributed by atoms with E-state index in [9.17, 15) is 19.8 Å². The maximum absolute atomic E-state index is 11.8. The second-order valence-electron chi connectivity index (χ2n) is 6.52. The molecule has 0 unspecified atom stereocenters. The van der Waals surface area contributed by atoms with E-state index >= 15 is 0 Å². The second kappa shape index (κ2) is 17.2. The molecule has 0 saturated heterocycles. The highest BCUT2D eigenvalue weighted by molar-refractivity contribution is 5.86. The minimum absolute atomic E-state index is 0.0198. The van der Waals surface area contributed by atoms with Gasteiger partial charge in [0.05, 0.1) is 12.5 Å². The van der Waals surface area contributed by atoms with Crippen LogP contribution in [0.1, 0.15) is 44.9 Å². The number of nitrogens with zero attached hydrogens (tertiary/aromatic N) is 1. The molecule has 0 aromatic heterocycles. The fourth-order valence-electron chi connectivity index (χ4n) is 2.33. The van der Waals surface area contributed by atoms with Crippen LogP contribution in [-0.4, -0.2) is 73.0 Å². The first-order valence-electron chi connectivity index (χ1n) is 9.76. The number of hydrogen-bond acceptors (Lipinski definition) is 7. The van der Waals surface area contributed by atoms with Crippen LogP contribution in [0.2, 0.25) is 0 Å². The molecule has 0 fully saturated rings. The van der Waals surface area contributed by atoms with Crippen LogP contribution < -0.4 is 33.2 Å². The Morgan fingerprint density at radius 1 is 0.964 bits per heavy atom. The summed E-state index contributed by atoms with van der Waals surface area (Å²) < 4.78 is 0. The summed E-state index contributed by atoms with van der Waals surface area (Å²) in [4.78, 5) is 27.3. The monoisotopic (exact) mass is 403 g/mol. The molecule has 164 valence electrons. The third-order valence-electron chi connectivity index (χ3n) is 3.84. The Balaban J connectivity index is 3.76. The molecule has 0 aromatic carbocycles. The van der Waals surface area contributed by atoms with Gasteiger partial charge in [-0.05, 0) is 58.2 Å². The summed E-state index contributed by atoms with van der Waals surface area (Å²) in [5.74, 6) is -1.24. The van der Waals surface area contributed by atoms with Gasteiger partial charge >= 0.3 is 0 Å². The average molecular weight is 404 g/mol. The van der Waals surface area contributed by atoms with Crippen molar-refractivity contribution >= 4 is 17.8 Å². The van der Waals surface area contributed by atoms with Crippen LogP contribution in [0.3, 0.4) is 0 Å². The van der Waals surface area contributed by atoms with Crippen molar-refractivity contribution in [3.05, 3.63) is 0 Å². The topological polar surface area (TPSA) is 201 Å². The standard InChI is InChI=1S/C17H37N7O4/c18-7-5-9-21-8-3-4-10-22-15(27)16(28)24-14(26)12-13(25)6-1-2-11-23-17(19)20/h13,16,21,25,28H,1-12,18H2,(H,22,27)(H,24,26)(H4,19,20,23)/t13-,16-/m1/s1. The number of unbranched alkanes of at least 4 members (excludes halogenated alkanes) is 2. The van der Waals surface area contributed by atoms with Gasteiger partial charge < -0.3 is 43.4 Å². The Morgan fingerprint density at radius 3 is 2.32 bits per heavy atom. The highest BCUT2D eigenvalue weighted by atomic mass is 16.3. The van der Waals surface area contributed by atoms with Crippen LogP contribution >= 0.6 is 0 Å². The minimum Gasteiger partial charge on any atom is -0.393 e. The first-order chi connectivity index (χ1) is 13.4. The summed E-state index contributed by atoms with van der Waals surface area (Å²) in [6.45, 7) is 3.23. The fourth-order valence-corrected chi connectivity index (χ4v) is 2.33. The quantitative estimate of drug-likeness (QED) is 0.0561. The number of aliphatic imine (C=N–C) groups is 1. The molecule has 28 heavy (non-hydrogen) atoms. The molecule has 0 heterocycles. The van der Waals surface area contributed by atoms with Gasteiger partial charge in [0.2, 0.25) is 12.1 Å². The normalized spacial score (nSPS) is 12.8. The van der Waals surface area contributed by atoms with Crippen molar-refractivity contribution in [3.63, 3.8) is 0 Å². The molecule has 0 radical (unpaired) electrons. The summed E-state index contributed by atoms with van der Waals surface area (Å²) in [5, 5.41) is 27.5. The number of nitrogens with one attached hydrogen (secondary N) is 3. The van der Waals surface area contributed by atoms with Crippen LogP contribution in [0, 0.1) is 0 Å². The highest BCUT2D eigenvalue weighted by Gasteiger charge is 2.18. The van der Waals surface area contributed by atoms with E-state index in [1.54, 1.807) is 0 Å². The Hall–Kier alpha value is -1.95. The molecule has 0 spiro atoms. The van der Waals surface area contributed by atoms with Crippen molar-refractivity contribution in [3.8, 4) is 0 Å². The number of aliphatic hydroxyl groups excluding tert-OH is 2. The zero-order valence-corrected chi connectivity index (χ0v) is 16.5. The predicted octanol–water partition coefficient (Wildman–Crippen LogP) is -2.55. The molecule has 0 aliphatic heterocycles. The smallest absolute Gasteiger partial charge is 0.269 e. The van der Waals surface area contributed by atoms with Crippen molar-refractivity contribution in [2.75, 3.05) is 32.7 Å². The zero-order chi connectivity index (χ0) is 21.2. The molecular formula is C17H37N7O4. The lowest BCUT2D eigenvalue weighted by molar-refractivity contribution is -0.137. The van der Waals surface area contributed by atoms with Crippen LogP contribution in [0.5, 0.6) is 0 Å². The van der Waals surface area contributed by atoms with E-state index in [1.807, 2.05) is 0 Å². The zero-order valence-electron chi connectivity index (χ0n) is 16.5. The summed E-state index contributed by atoms with van der Waals surface area (Å²) in [6.07, 6.45) is 1.60. The number of carbonyl (C=O) groups excluding carboxylic acids is 2. The molecule has 0 saturated carbocycles. The Morgan fingerprint density at radius 2 is 1.64 bits per heavy atom. The number of hydrogen-bond donors (Lipinski definition) is 8. The van der Waals surface area contributed by atoms with Gasteiger partial charge in [-0.15, -0.1) is 0 Å². The molecule has 0 rings (SSSR count). The molecule has 2 amide bonds. The van der Waals surface area contributed by atoms with Gasteiger partial charge in [0.25, 0.3) is 5.91 Å². The molecule has 11 heteroatoms. The third kappa shape index (κ3) is 16.2.